The minimum Gasteiger partial charge on any atom is -0.379 e. The molecule has 0 saturated heterocycles. The quantitative estimate of drug-likeness (QED) is 0.0481. The maximum Gasteiger partial charge on any atom is 0.154 e. The van der Waals surface area contributed by atoms with Crippen LogP contribution in [0.2, 0.25) is 0 Å². The van der Waals surface area contributed by atoms with Gasteiger partial charge in [0.2, 0.25) is 0 Å². The largest absolute Gasteiger partial charge is 0.379 e. The van der Waals surface area contributed by atoms with Gasteiger partial charge in [-0.3, -0.25) is 65.0 Å². The number of nitrogens with zero attached hydrogens (tertiary/aromatic N) is 16. The van der Waals surface area contributed by atoms with Crippen LogP contribution in [0.15, 0.2) is 149 Å². The average Bonchev–Trinajstić information content (AvgIpc) is 4.14. The molecule has 90 heavy (non-hydrogen) atoms. The molecule has 0 aromatic carbocycles. The van der Waals surface area contributed by atoms with Gasteiger partial charge in [-0.1, -0.05) is 94.5 Å². The van der Waals surface area contributed by atoms with E-state index in [1.54, 1.807) is 148 Å². The van der Waals surface area contributed by atoms with Crippen LogP contribution in [0.25, 0.3) is 0 Å². The van der Waals surface area contributed by atoms with E-state index in [1.807, 2.05) is 72.5 Å². The number of nitrogens with two attached hydrogens (primary N) is 7. The van der Waals surface area contributed by atoms with E-state index in [4.69, 9.17) is 40.1 Å². The lowest BCUT2D eigenvalue weighted by molar-refractivity contribution is 0.630. The molecule has 0 spiro atoms. The van der Waals surface area contributed by atoms with Crippen LogP contribution in [0, 0.1) is 0 Å². The number of imidazole rings is 1. The van der Waals surface area contributed by atoms with Crippen molar-refractivity contribution in [3.8, 4) is 0 Å². The molecule has 16 N–H and O–H groups in total. The van der Waals surface area contributed by atoms with Gasteiger partial charge in [0.05, 0.1) is 70.4 Å². The van der Waals surface area contributed by atoms with Gasteiger partial charge in [0.25, 0.3) is 0 Å². The van der Waals surface area contributed by atoms with Crippen molar-refractivity contribution in [1.29, 1.82) is 0 Å². The molecule has 7 aliphatic rings. The summed E-state index contributed by atoms with van der Waals surface area (Å²) >= 11 is 16.5. The van der Waals surface area contributed by atoms with Crippen molar-refractivity contribution < 1.29 is 0 Å². The first-order valence-corrected chi connectivity index (χ1v) is 38.0. The third-order valence-corrected chi connectivity index (χ3v) is 22.5. The average molecular weight is 1410 g/mol. The van der Waals surface area contributed by atoms with E-state index < -0.39 is 0 Å². The lowest BCUT2D eigenvalue weighted by atomic mass is 10.0. The molecule has 8 atom stereocenters. The molecule has 7 aliphatic heterocycles. The first kappa shape index (κ1) is 70.0. The predicted molar refractivity (Wildman–Crippen MR) is 387 cm³/mol. The fourth-order valence-electron chi connectivity index (χ4n) is 8.69. The zero-order valence-corrected chi connectivity index (χ0v) is 57.4. The molecule has 0 fully saturated rings. The van der Waals surface area contributed by atoms with E-state index >= 15 is 0 Å². The van der Waals surface area contributed by atoms with Gasteiger partial charge >= 0.3 is 0 Å². The van der Waals surface area contributed by atoms with E-state index in [0.29, 0.717) is 51.0 Å². The van der Waals surface area contributed by atoms with Gasteiger partial charge in [0, 0.05) is 161 Å². The van der Waals surface area contributed by atoms with Gasteiger partial charge in [-0.05, 0) is 42.7 Å². The van der Waals surface area contributed by atoms with Crippen LogP contribution in [-0.4, -0.2) is 179 Å². The Morgan fingerprint density at radius 2 is 1.06 bits per heavy atom. The molecule has 25 nitrogen and oxygen atoms in total. The molecule has 0 bridgehead atoms. The molecule has 478 valence electrons. The molecule has 8 unspecified atom stereocenters. The lowest BCUT2D eigenvalue weighted by Gasteiger charge is -2.14. The number of aromatic nitrogens is 11. The lowest BCUT2D eigenvalue weighted by Crippen LogP contribution is -2.19. The Kier molecular flexibility index (Phi) is 30.2. The number of hydrogen-bond acceptors (Lipinski definition) is 33. The van der Waals surface area contributed by atoms with Crippen molar-refractivity contribution in [2.75, 3.05) is 40.3 Å². The number of H-pyrrole nitrogens is 2. The smallest absolute Gasteiger partial charge is 0.154 e. The standard InChI is InChI=1S/C11H15N3S.C9H11N3S2.C8H10N4S.C7H10N4S.2C7H9N3S2.C6H9N5S/c1-2-10-9(14-11(12)15-10)7-8-3-5-13-6-4-8;10-9-12-7(6-14-9)5-13-8-1-3-11-4-2-8;9-8-12-7(5-13-8)3-6-4-10-1-2-11-6;8-7-11-5(4-12-7)3-6-9-1-2-10-6;8-7-10-5(3-11-7)1-6-2-9-4-12-6;8-7-10-6(3-12-7)1-5-2-11-4-9-5;7-6-9-5(3-12-6)1-4-2-8-11-10-4/h3-6,9-10H,2,7H2,1H3,(H2,12,14);1-4,7H,5-6H2,(H2,10,12);1-2,4,7H,3,5H2,(H2,9,12);1-2,5H,3-4H2,(H2,8,11)(H,9,10);2,4-5H,1,3H2,(H2,8,10);2,4,6H,1,3H2,(H2,8,10);2,5H,1,3H2,(H2,7,9)(H,8,10,11). The van der Waals surface area contributed by atoms with Crippen molar-refractivity contribution in [3.05, 3.63) is 142 Å². The molecule has 14 rings (SSSR count). The molecule has 0 radical (unpaired) electrons. The third-order valence-electron chi connectivity index (χ3n) is 12.9. The van der Waals surface area contributed by atoms with Crippen LogP contribution in [0.3, 0.4) is 0 Å². The van der Waals surface area contributed by atoms with Crippen molar-refractivity contribution in [2.24, 2.45) is 75.1 Å². The molecule has 0 amide bonds. The fraction of sp³-hybridized carbons (Fsp3) is 0.418. The maximum absolute atomic E-state index is 5.75. The van der Waals surface area contributed by atoms with Crippen LogP contribution in [0.1, 0.15) is 46.7 Å². The Hall–Kier alpha value is -5.92. The van der Waals surface area contributed by atoms with Crippen molar-refractivity contribution in [2.45, 2.75) is 104 Å². The van der Waals surface area contributed by atoms with E-state index in [1.165, 1.54) is 15.3 Å². The molecule has 35 heteroatoms. The zero-order valence-electron chi connectivity index (χ0n) is 49.2. The molecule has 7 aromatic rings. The predicted octanol–water partition coefficient (Wildman–Crippen LogP) is 6.28. The number of aliphatic imine (C=N–C) groups is 7. The van der Waals surface area contributed by atoms with Gasteiger partial charge in [-0.15, -0.1) is 39.5 Å². The number of amidine groups is 7. The van der Waals surface area contributed by atoms with Crippen molar-refractivity contribution in [1.82, 2.24) is 55.3 Å². The van der Waals surface area contributed by atoms with Gasteiger partial charge in [0.1, 0.15) is 5.82 Å². The summed E-state index contributed by atoms with van der Waals surface area (Å²) in [5, 5.41) is 17.8. The summed E-state index contributed by atoms with van der Waals surface area (Å²) in [5.41, 5.74) is 47.1. The Morgan fingerprint density at radius 1 is 0.500 bits per heavy atom. The third kappa shape index (κ3) is 26.4. The van der Waals surface area contributed by atoms with Crippen LogP contribution >= 0.6 is 117 Å². The Balaban J connectivity index is 0.000000136. The van der Waals surface area contributed by atoms with Crippen LogP contribution < -0.4 is 40.1 Å². The van der Waals surface area contributed by atoms with Crippen LogP contribution in [0.5, 0.6) is 0 Å². The SMILES string of the molecule is CCC1SC(N)=NC1Cc1ccncc1.NC1=NC(CSc2ccncc2)CS1.NC1=NC(Cc2c[nH]nn2)CS1.NC1=NC(Cc2cnccn2)CS1.NC1=NC(Cc2cncs2)CS1.NC1=NC(Cc2cscn2)CS1.NC1=NC(Cc2ncc[nH]2)CS1. The minimum atomic E-state index is 0.278. The summed E-state index contributed by atoms with van der Waals surface area (Å²) in [6, 6.07) is 10.4. The molecular weight excluding hydrogens is 1330 g/mol. The van der Waals surface area contributed by atoms with Gasteiger partial charge in [0.15, 0.2) is 36.2 Å². The summed E-state index contributed by atoms with van der Waals surface area (Å²) in [6.45, 7) is 2.19. The topological polar surface area (TPSA) is 416 Å². The number of rotatable bonds is 16. The molecular formula is C55H73N25S10. The van der Waals surface area contributed by atoms with E-state index in [0.717, 1.165) is 129 Å². The number of thiazole rings is 2. The Labute approximate surface area is 565 Å². The Morgan fingerprint density at radius 3 is 1.53 bits per heavy atom. The minimum absolute atomic E-state index is 0.278. The van der Waals surface area contributed by atoms with Gasteiger partial charge in [-0.2, -0.15) is 0 Å². The second-order valence-corrected chi connectivity index (χ2v) is 30.2. The normalized spacial score (nSPS) is 22.7. The number of pyridine rings is 2. The summed E-state index contributed by atoms with van der Waals surface area (Å²) in [6.07, 6.45) is 26.2. The monoisotopic (exact) mass is 1400 g/mol. The number of aromatic amines is 2. The van der Waals surface area contributed by atoms with E-state index in [2.05, 4.69) is 103 Å². The second-order valence-electron chi connectivity index (χ2n) is 19.9. The van der Waals surface area contributed by atoms with Crippen LogP contribution in [-0.2, 0) is 38.5 Å². The fourth-order valence-corrected chi connectivity index (χ4v) is 16.6. The van der Waals surface area contributed by atoms with Gasteiger partial charge < -0.3 is 45.1 Å². The highest BCUT2D eigenvalue weighted by Crippen LogP contribution is 2.30. The maximum atomic E-state index is 5.75. The summed E-state index contributed by atoms with van der Waals surface area (Å²) < 4.78 is 0. The first-order valence-electron chi connectivity index (χ1n) is 28.4. The van der Waals surface area contributed by atoms with E-state index in [-0.39, 0.29) is 12.1 Å². The number of nitrogens with one attached hydrogen (secondary N) is 2. The first-order chi connectivity index (χ1) is 43.9. The van der Waals surface area contributed by atoms with Crippen molar-refractivity contribution in [3.63, 3.8) is 0 Å². The highest BCUT2D eigenvalue weighted by molar-refractivity contribution is 8.15. The second kappa shape index (κ2) is 38.8. The number of hydrogen-bond donors (Lipinski definition) is 9. The molecule has 7 aromatic heterocycles. The van der Waals surface area contributed by atoms with Gasteiger partial charge in [-0.25, -0.2) is 9.97 Å². The van der Waals surface area contributed by atoms with Crippen molar-refractivity contribution >= 4 is 153 Å². The summed E-state index contributed by atoms with van der Waals surface area (Å²) in [4.78, 5) is 64.2. The summed E-state index contributed by atoms with van der Waals surface area (Å²) in [7, 11) is 0. The zero-order chi connectivity index (χ0) is 63.1. The molecule has 14 heterocycles. The molecule has 0 aliphatic carbocycles. The molecule has 0 saturated carbocycles. The van der Waals surface area contributed by atoms with E-state index in [9.17, 15) is 0 Å². The highest BCUT2D eigenvalue weighted by Gasteiger charge is 2.28. The summed E-state index contributed by atoms with van der Waals surface area (Å²) in [5.74, 6) is 7.92. The van der Waals surface area contributed by atoms with Crippen LogP contribution in [0.4, 0.5) is 0 Å². The highest BCUT2D eigenvalue weighted by atomic mass is 32.2. The number of thioether (sulfide) groups is 8. The Bertz CT molecular complexity index is 3120.